The highest BCUT2D eigenvalue weighted by atomic mass is 79.9. The Kier molecular flexibility index (Phi) is 9.61. The smallest absolute Gasteiger partial charge is 0.229 e. The van der Waals surface area contributed by atoms with E-state index in [-0.39, 0.29) is 6.10 Å². The molecule has 0 saturated carbocycles. The molecule has 2 aromatic carbocycles. The van der Waals surface area contributed by atoms with E-state index in [1.807, 2.05) is 48.4 Å². The molecule has 0 bridgehead atoms. The fourth-order valence-corrected chi connectivity index (χ4v) is 8.64. The lowest BCUT2D eigenvalue weighted by Crippen LogP contribution is -2.46. The molecule has 256 valence electrons. The average molecular weight is 747 g/mol. The first-order valence-corrected chi connectivity index (χ1v) is 19.9. The molecule has 2 fully saturated rings. The molecule has 49 heavy (non-hydrogen) atoms. The van der Waals surface area contributed by atoms with Crippen molar-refractivity contribution in [3.63, 3.8) is 0 Å². The van der Waals surface area contributed by atoms with E-state index in [2.05, 4.69) is 64.0 Å². The summed E-state index contributed by atoms with van der Waals surface area (Å²) in [5, 5.41) is 16.3. The van der Waals surface area contributed by atoms with Crippen LogP contribution in [0.3, 0.4) is 0 Å². The van der Waals surface area contributed by atoms with Crippen molar-refractivity contribution >= 4 is 68.1 Å². The maximum atomic E-state index is 13.5. The zero-order chi connectivity index (χ0) is 34.1. The number of hydrogen-bond acceptors (Lipinski definition) is 11. The number of ether oxygens (including phenoxy) is 2. The molecule has 2 aliphatic rings. The van der Waals surface area contributed by atoms with Crippen molar-refractivity contribution in [2.75, 3.05) is 68.8 Å². The largest absolute Gasteiger partial charge is 0.494 e. The van der Waals surface area contributed by atoms with Crippen molar-refractivity contribution < 1.29 is 14.0 Å². The van der Waals surface area contributed by atoms with Crippen molar-refractivity contribution in [1.29, 1.82) is 0 Å². The molecule has 2 aliphatic heterocycles. The lowest BCUT2D eigenvalue weighted by atomic mass is 9.89. The number of hydrogen-bond donors (Lipinski definition) is 3. The van der Waals surface area contributed by atoms with Gasteiger partial charge in [0, 0.05) is 85.4 Å². The number of anilines is 5. The fraction of sp³-hybridized carbons (Fsp3) is 0.371. The minimum atomic E-state index is -2.70. The molecule has 0 amide bonds. The average Bonchev–Trinajstić information content (AvgIpc) is 3.55. The van der Waals surface area contributed by atoms with Gasteiger partial charge in [0.2, 0.25) is 5.95 Å². The van der Waals surface area contributed by atoms with E-state index in [9.17, 15) is 4.57 Å². The minimum absolute atomic E-state index is 0.276. The van der Waals surface area contributed by atoms with Crippen LogP contribution < -0.4 is 30.9 Å². The Balaban J connectivity index is 1.20. The van der Waals surface area contributed by atoms with E-state index in [1.54, 1.807) is 32.8 Å². The lowest BCUT2D eigenvalue weighted by Gasteiger charge is -2.39. The number of halogens is 1. The molecule has 3 N–H and O–H groups in total. The first-order valence-electron chi connectivity index (χ1n) is 16.5. The van der Waals surface area contributed by atoms with E-state index < -0.39 is 7.14 Å². The van der Waals surface area contributed by atoms with Gasteiger partial charge < -0.3 is 34.9 Å². The first kappa shape index (κ1) is 33.5. The number of rotatable bonds is 9. The third kappa shape index (κ3) is 7.17. The topological polar surface area (TPSA) is 131 Å². The second-order valence-corrected chi connectivity index (χ2v) is 16.9. The standard InChI is InChI=1S/C35H41BrN9O3P/c1-44-21-23(18-40-44)25-16-29(31(47-2)17-30(25)45-13-9-22(10-14-45)32-20-37-12-15-48-32)42-35-39-19-26(36)34(43-35)41-28-8-7-27-24(6-5-11-38-27)33(28)49(3,4)46/h5-8,11,16-19,21-22,32,37H,9-10,12-15,20H2,1-4H3,(H2,39,41,42,43). The van der Waals surface area contributed by atoms with Gasteiger partial charge in [-0.1, -0.05) is 6.07 Å². The van der Waals surface area contributed by atoms with Crippen LogP contribution in [-0.4, -0.2) is 84.1 Å². The minimum Gasteiger partial charge on any atom is -0.494 e. The summed E-state index contributed by atoms with van der Waals surface area (Å²) in [6, 6.07) is 11.8. The van der Waals surface area contributed by atoms with Gasteiger partial charge in [-0.25, -0.2) is 4.98 Å². The van der Waals surface area contributed by atoms with Gasteiger partial charge in [0.15, 0.2) is 0 Å². The van der Waals surface area contributed by atoms with Gasteiger partial charge in [0.25, 0.3) is 0 Å². The third-order valence-electron chi connectivity index (χ3n) is 9.23. The SMILES string of the molecule is COc1cc(N2CCC(C3CNCCO3)CC2)c(-c2cnn(C)c2)cc1Nc1ncc(Br)c(Nc2ccc3ncccc3c2P(C)(C)=O)n1. The van der Waals surface area contributed by atoms with E-state index in [0.29, 0.717) is 33.6 Å². The summed E-state index contributed by atoms with van der Waals surface area (Å²) in [6.07, 6.45) is 9.74. The van der Waals surface area contributed by atoms with Crippen LogP contribution in [0.5, 0.6) is 5.75 Å². The molecule has 7 rings (SSSR count). The van der Waals surface area contributed by atoms with Crippen LogP contribution in [0.2, 0.25) is 0 Å². The molecule has 5 heterocycles. The molecular formula is C35H41BrN9O3P. The van der Waals surface area contributed by atoms with E-state index in [4.69, 9.17) is 14.5 Å². The number of aryl methyl sites for hydroxylation is 1. The maximum absolute atomic E-state index is 13.5. The summed E-state index contributed by atoms with van der Waals surface area (Å²) in [4.78, 5) is 16.3. The highest BCUT2D eigenvalue weighted by molar-refractivity contribution is 9.10. The number of benzene rings is 2. The number of fused-ring (bicyclic) bond motifs is 1. The third-order valence-corrected chi connectivity index (χ3v) is 11.4. The Morgan fingerprint density at radius 3 is 2.63 bits per heavy atom. The van der Waals surface area contributed by atoms with Crippen LogP contribution in [0.4, 0.5) is 28.8 Å². The van der Waals surface area contributed by atoms with Crippen molar-refractivity contribution in [1.82, 2.24) is 30.0 Å². The first-order chi connectivity index (χ1) is 23.7. The number of morpholine rings is 1. The molecule has 12 nitrogen and oxygen atoms in total. The highest BCUT2D eigenvalue weighted by Gasteiger charge is 2.30. The molecule has 3 aromatic heterocycles. The quantitative estimate of drug-likeness (QED) is 0.151. The van der Waals surface area contributed by atoms with Gasteiger partial charge in [-0.05, 0) is 72.3 Å². The molecule has 1 unspecified atom stereocenters. The summed E-state index contributed by atoms with van der Waals surface area (Å²) in [7, 11) is 0.893. The highest BCUT2D eigenvalue weighted by Crippen LogP contribution is 2.43. The number of nitrogens with one attached hydrogen (secondary N) is 3. The monoisotopic (exact) mass is 745 g/mol. The Labute approximate surface area is 294 Å². The van der Waals surface area contributed by atoms with Crippen molar-refractivity contribution in [3.05, 3.63) is 65.7 Å². The van der Waals surface area contributed by atoms with Crippen molar-refractivity contribution in [2.24, 2.45) is 13.0 Å². The normalized spacial score (nSPS) is 17.3. The number of pyridine rings is 1. The predicted molar refractivity (Wildman–Crippen MR) is 200 cm³/mol. The van der Waals surface area contributed by atoms with E-state index in [1.165, 1.54) is 0 Å². The van der Waals surface area contributed by atoms with Gasteiger partial charge >= 0.3 is 0 Å². The second kappa shape index (κ2) is 14.1. The molecule has 1 atom stereocenters. The van der Waals surface area contributed by atoms with Crippen molar-refractivity contribution in [2.45, 2.75) is 18.9 Å². The Bertz CT molecular complexity index is 2020. The summed E-state index contributed by atoms with van der Waals surface area (Å²) < 4.78 is 28.0. The zero-order valence-corrected chi connectivity index (χ0v) is 30.6. The molecule has 14 heteroatoms. The number of methoxy groups -OCH3 is 1. The van der Waals surface area contributed by atoms with E-state index >= 15 is 0 Å². The molecule has 2 saturated heterocycles. The summed E-state index contributed by atoms with van der Waals surface area (Å²) in [5.41, 5.74) is 5.35. The van der Waals surface area contributed by atoms with Gasteiger partial charge in [-0.3, -0.25) is 9.67 Å². The molecular weight excluding hydrogens is 705 g/mol. The molecule has 5 aromatic rings. The van der Waals surface area contributed by atoms with Gasteiger partial charge in [0.1, 0.15) is 18.7 Å². The fourth-order valence-electron chi connectivity index (χ4n) is 6.87. The Morgan fingerprint density at radius 2 is 1.92 bits per heavy atom. The van der Waals surface area contributed by atoms with Crippen molar-refractivity contribution in [3.8, 4) is 16.9 Å². The van der Waals surface area contributed by atoms with Crippen LogP contribution in [-0.2, 0) is 16.3 Å². The van der Waals surface area contributed by atoms with Crippen LogP contribution in [0.15, 0.2) is 65.7 Å². The maximum Gasteiger partial charge on any atom is 0.229 e. The Morgan fingerprint density at radius 1 is 1.08 bits per heavy atom. The number of nitrogens with zero attached hydrogens (tertiary/aromatic N) is 6. The lowest BCUT2D eigenvalue weighted by molar-refractivity contribution is -0.0155. The van der Waals surface area contributed by atoms with Gasteiger partial charge in [-0.15, -0.1) is 0 Å². The number of piperidine rings is 1. The predicted octanol–water partition coefficient (Wildman–Crippen LogP) is 6.14. The number of aromatic nitrogens is 5. The van der Waals surface area contributed by atoms with E-state index in [0.717, 1.165) is 84.3 Å². The molecule has 0 spiro atoms. The summed E-state index contributed by atoms with van der Waals surface area (Å²) in [5.74, 6) is 2.11. The zero-order valence-electron chi connectivity index (χ0n) is 28.1. The van der Waals surface area contributed by atoms with Crippen LogP contribution >= 0.6 is 23.1 Å². The van der Waals surface area contributed by atoms with Gasteiger partial charge in [0.05, 0.1) is 47.4 Å². The summed E-state index contributed by atoms with van der Waals surface area (Å²) in [6.45, 7) is 8.02. The van der Waals surface area contributed by atoms with Crippen LogP contribution in [0, 0.1) is 5.92 Å². The molecule has 0 aliphatic carbocycles. The van der Waals surface area contributed by atoms with Crippen LogP contribution in [0.1, 0.15) is 12.8 Å². The molecule has 0 radical (unpaired) electrons. The van der Waals surface area contributed by atoms with Crippen LogP contribution in [0.25, 0.3) is 22.0 Å². The second-order valence-electron chi connectivity index (χ2n) is 12.9. The van der Waals surface area contributed by atoms with Gasteiger partial charge in [-0.2, -0.15) is 10.1 Å². The summed E-state index contributed by atoms with van der Waals surface area (Å²) >= 11 is 3.61. The Hall–Kier alpha value is -4.03.